The molecular formula is C26H39N3O8. The molecule has 37 heavy (non-hydrogen) atoms. The highest BCUT2D eigenvalue weighted by atomic mass is 16.5. The minimum atomic E-state index is -1.76. The molecule has 2 heterocycles. The number of carbonyl (C=O) groups excluding carboxylic acids is 3. The molecule has 1 aromatic rings. The first-order valence-corrected chi connectivity index (χ1v) is 12.3. The Bertz CT molecular complexity index is 918. The molecule has 2 amide bonds. The maximum atomic E-state index is 12.8. The number of rotatable bonds is 11. The highest BCUT2D eigenvalue weighted by molar-refractivity contribution is 5.89. The highest BCUT2D eigenvalue weighted by Gasteiger charge is 2.37. The fourth-order valence-electron chi connectivity index (χ4n) is 3.74. The average Bonchev–Trinajstić information content (AvgIpc) is 3.02. The molecule has 1 fully saturated rings. The summed E-state index contributed by atoms with van der Waals surface area (Å²) < 4.78 is 10.6. The van der Waals surface area contributed by atoms with E-state index in [1.165, 1.54) is 13.2 Å². The second-order valence-corrected chi connectivity index (χ2v) is 10.2. The van der Waals surface area contributed by atoms with E-state index in [-0.39, 0.29) is 24.8 Å². The molecular weight excluding hydrogens is 482 g/mol. The van der Waals surface area contributed by atoms with Crippen LogP contribution < -0.4 is 10.6 Å². The van der Waals surface area contributed by atoms with E-state index in [9.17, 15) is 29.7 Å². The van der Waals surface area contributed by atoms with Crippen LogP contribution in [0.3, 0.4) is 0 Å². The van der Waals surface area contributed by atoms with Gasteiger partial charge in [-0.25, -0.2) is 0 Å². The standard InChI is InChI=1S/C26H39N3O8/c1-26(2,3)12-11-19(30)21(32)22(33)23(36-4)25(35)29-18-9-8-17(15-28-24(18)34)37-20(31)10-7-16-6-5-13-27-14-16/h5-6,11-14,17-19,21-23,30,32-33H,7-10,15H2,1-4H3,(H,28,34)(H,29,35). The first-order valence-electron chi connectivity index (χ1n) is 12.3. The number of nitrogens with zero attached hydrogens (tertiary/aromatic N) is 1. The van der Waals surface area contributed by atoms with E-state index in [0.29, 0.717) is 12.8 Å². The lowest BCUT2D eigenvalue weighted by atomic mass is 9.94. The van der Waals surface area contributed by atoms with Crippen LogP contribution >= 0.6 is 0 Å². The number of hydrogen-bond acceptors (Lipinski definition) is 9. The molecule has 0 aromatic carbocycles. The Morgan fingerprint density at radius 1 is 1.24 bits per heavy atom. The quantitative estimate of drug-likeness (QED) is 0.199. The van der Waals surface area contributed by atoms with Crippen LogP contribution in [0, 0.1) is 5.41 Å². The molecule has 0 spiro atoms. The second-order valence-electron chi connectivity index (χ2n) is 10.2. The van der Waals surface area contributed by atoms with Crippen LogP contribution in [-0.4, -0.2) is 88.3 Å². The number of amides is 2. The predicted molar refractivity (Wildman–Crippen MR) is 134 cm³/mol. The Morgan fingerprint density at radius 2 is 1.97 bits per heavy atom. The van der Waals surface area contributed by atoms with Gasteiger partial charge in [-0.3, -0.25) is 19.4 Å². The van der Waals surface area contributed by atoms with Gasteiger partial charge in [0.1, 0.15) is 30.5 Å². The maximum absolute atomic E-state index is 12.8. The van der Waals surface area contributed by atoms with Crippen molar-refractivity contribution in [3.8, 4) is 0 Å². The molecule has 11 heteroatoms. The van der Waals surface area contributed by atoms with Gasteiger partial charge in [-0.05, 0) is 36.3 Å². The number of aliphatic hydroxyl groups is 3. The van der Waals surface area contributed by atoms with Crippen LogP contribution in [0.15, 0.2) is 36.7 Å². The summed E-state index contributed by atoms with van der Waals surface area (Å²) in [5.41, 5.74) is 0.649. The minimum Gasteiger partial charge on any atom is -0.460 e. The van der Waals surface area contributed by atoms with Crippen molar-refractivity contribution in [2.24, 2.45) is 5.41 Å². The van der Waals surface area contributed by atoms with Crippen molar-refractivity contribution in [1.82, 2.24) is 15.6 Å². The average molecular weight is 522 g/mol. The minimum absolute atomic E-state index is 0.102. The van der Waals surface area contributed by atoms with E-state index in [1.807, 2.05) is 26.8 Å². The summed E-state index contributed by atoms with van der Waals surface area (Å²) >= 11 is 0. The summed E-state index contributed by atoms with van der Waals surface area (Å²) in [4.78, 5) is 41.6. The molecule has 0 saturated carbocycles. The number of pyridine rings is 1. The van der Waals surface area contributed by atoms with Gasteiger partial charge in [-0.2, -0.15) is 0 Å². The zero-order chi connectivity index (χ0) is 27.6. The lowest BCUT2D eigenvalue weighted by Crippen LogP contribution is -2.55. The third-order valence-electron chi connectivity index (χ3n) is 5.87. The van der Waals surface area contributed by atoms with E-state index in [2.05, 4.69) is 15.6 Å². The number of aromatic nitrogens is 1. The van der Waals surface area contributed by atoms with E-state index >= 15 is 0 Å². The van der Waals surface area contributed by atoms with E-state index in [4.69, 9.17) is 9.47 Å². The summed E-state index contributed by atoms with van der Waals surface area (Å²) in [7, 11) is 1.17. The molecule has 1 aliphatic heterocycles. The Balaban J connectivity index is 1.89. The number of methoxy groups -OCH3 is 1. The van der Waals surface area contributed by atoms with E-state index in [0.717, 1.165) is 5.56 Å². The molecule has 1 aliphatic rings. The summed E-state index contributed by atoms with van der Waals surface area (Å²) in [6.45, 7) is 5.80. The number of nitrogens with one attached hydrogen (secondary N) is 2. The van der Waals surface area contributed by atoms with Crippen LogP contribution in [-0.2, 0) is 30.3 Å². The molecule has 0 aliphatic carbocycles. The number of aryl methyl sites for hydroxylation is 1. The van der Waals surface area contributed by atoms with Crippen LogP contribution in [0.2, 0.25) is 0 Å². The van der Waals surface area contributed by atoms with Crippen molar-refractivity contribution in [3.05, 3.63) is 42.2 Å². The van der Waals surface area contributed by atoms with Gasteiger partial charge in [0.05, 0.1) is 6.54 Å². The van der Waals surface area contributed by atoms with Crippen LogP contribution in [0.25, 0.3) is 0 Å². The number of esters is 1. The zero-order valence-electron chi connectivity index (χ0n) is 21.8. The number of allylic oxidation sites excluding steroid dienone is 1. The number of hydrogen-bond donors (Lipinski definition) is 5. The largest absolute Gasteiger partial charge is 0.460 e. The van der Waals surface area contributed by atoms with Gasteiger partial charge in [0.25, 0.3) is 5.91 Å². The molecule has 6 unspecified atom stereocenters. The van der Waals surface area contributed by atoms with Gasteiger partial charge in [0.15, 0.2) is 6.10 Å². The molecule has 0 bridgehead atoms. The Kier molecular flexibility index (Phi) is 11.6. The third kappa shape index (κ3) is 10.2. The summed E-state index contributed by atoms with van der Waals surface area (Å²) in [6, 6.07) is 2.70. The van der Waals surface area contributed by atoms with Crippen molar-refractivity contribution >= 4 is 17.8 Å². The topological polar surface area (TPSA) is 167 Å². The molecule has 2 rings (SSSR count). The van der Waals surface area contributed by atoms with Gasteiger partial charge in [0, 0.05) is 25.9 Å². The van der Waals surface area contributed by atoms with Gasteiger partial charge < -0.3 is 35.4 Å². The van der Waals surface area contributed by atoms with E-state index < -0.39 is 54.3 Å². The molecule has 5 N–H and O–H groups in total. The van der Waals surface area contributed by atoms with Gasteiger partial charge in [-0.15, -0.1) is 0 Å². The fourth-order valence-corrected chi connectivity index (χ4v) is 3.74. The molecule has 1 aromatic heterocycles. The monoisotopic (exact) mass is 521 g/mol. The number of carbonyl (C=O) groups is 3. The molecule has 11 nitrogen and oxygen atoms in total. The molecule has 6 atom stereocenters. The SMILES string of the molecule is COC(C(=O)NC1CCC(OC(=O)CCc2cccnc2)CNC1=O)C(O)C(O)C(O)C=CC(C)(C)C. The van der Waals surface area contributed by atoms with Crippen molar-refractivity contribution in [1.29, 1.82) is 0 Å². The molecule has 0 radical (unpaired) electrons. The van der Waals surface area contributed by atoms with Crippen molar-refractivity contribution < 1.29 is 39.2 Å². The lowest BCUT2D eigenvalue weighted by molar-refractivity contribution is -0.151. The molecule has 1 saturated heterocycles. The van der Waals surface area contributed by atoms with Crippen LogP contribution in [0.5, 0.6) is 0 Å². The smallest absolute Gasteiger partial charge is 0.306 e. The maximum Gasteiger partial charge on any atom is 0.306 e. The molecule has 206 valence electrons. The summed E-state index contributed by atoms with van der Waals surface area (Å²) in [5.74, 6) is -1.70. The third-order valence-corrected chi connectivity index (χ3v) is 5.87. The summed E-state index contributed by atoms with van der Waals surface area (Å²) in [6.07, 6.45) is 0.521. The predicted octanol–water partition coefficient (Wildman–Crippen LogP) is 0.0208. The lowest BCUT2D eigenvalue weighted by Gasteiger charge is -2.28. The Hall–Kier alpha value is -2.86. The van der Waals surface area contributed by atoms with E-state index in [1.54, 1.807) is 24.5 Å². The van der Waals surface area contributed by atoms with Gasteiger partial charge in [0.2, 0.25) is 5.91 Å². The Labute approximate surface area is 217 Å². The van der Waals surface area contributed by atoms with Gasteiger partial charge >= 0.3 is 5.97 Å². The van der Waals surface area contributed by atoms with Crippen molar-refractivity contribution in [3.63, 3.8) is 0 Å². The first-order chi connectivity index (χ1) is 17.4. The van der Waals surface area contributed by atoms with Gasteiger partial charge in [-0.1, -0.05) is 39.0 Å². The normalized spacial score (nSPS) is 21.9. The van der Waals surface area contributed by atoms with Crippen molar-refractivity contribution in [2.75, 3.05) is 13.7 Å². The fraction of sp³-hybridized carbons (Fsp3) is 0.615. The number of aliphatic hydroxyl groups excluding tert-OH is 3. The zero-order valence-corrected chi connectivity index (χ0v) is 21.8. The van der Waals surface area contributed by atoms with Crippen LogP contribution in [0.1, 0.15) is 45.6 Å². The number of ether oxygens (including phenoxy) is 2. The Morgan fingerprint density at radius 3 is 2.59 bits per heavy atom. The first kappa shape index (κ1) is 30.4. The van der Waals surface area contributed by atoms with Crippen molar-refractivity contribution in [2.45, 2.75) is 83.0 Å². The van der Waals surface area contributed by atoms with Crippen LogP contribution in [0.4, 0.5) is 0 Å². The highest BCUT2D eigenvalue weighted by Crippen LogP contribution is 2.17. The second kappa shape index (κ2) is 14.2. The summed E-state index contributed by atoms with van der Waals surface area (Å²) in [5, 5.41) is 36.2.